The first-order valence-electron chi connectivity index (χ1n) is 9.36. The average molecular weight is 398 g/mol. The monoisotopic (exact) mass is 398 g/mol. The SMILES string of the molecule is CN(C)CCCC(=O)O[C@@H](C(=O)O)[C@@H](NC(=O)c1ccccc1)c1ccccc1. The molecule has 0 bridgehead atoms. The van der Waals surface area contributed by atoms with Gasteiger partial charge in [0.2, 0.25) is 6.10 Å². The van der Waals surface area contributed by atoms with E-state index in [4.69, 9.17) is 4.74 Å². The van der Waals surface area contributed by atoms with E-state index < -0.39 is 30.0 Å². The highest BCUT2D eigenvalue weighted by molar-refractivity contribution is 5.95. The highest BCUT2D eigenvalue weighted by Crippen LogP contribution is 2.21. The number of ether oxygens (including phenoxy) is 1. The normalized spacial score (nSPS) is 12.8. The summed E-state index contributed by atoms with van der Waals surface area (Å²) in [7, 11) is 3.77. The van der Waals surface area contributed by atoms with Crippen molar-refractivity contribution in [2.45, 2.75) is 25.0 Å². The maximum atomic E-state index is 12.6. The number of carboxylic acid groups (broad SMARTS) is 1. The molecule has 0 unspecified atom stereocenters. The number of nitrogens with one attached hydrogen (secondary N) is 1. The van der Waals surface area contributed by atoms with E-state index in [0.717, 1.165) is 0 Å². The van der Waals surface area contributed by atoms with E-state index in [0.29, 0.717) is 24.1 Å². The molecule has 2 aromatic carbocycles. The van der Waals surface area contributed by atoms with Crippen LogP contribution in [0.4, 0.5) is 0 Å². The van der Waals surface area contributed by atoms with E-state index in [-0.39, 0.29) is 6.42 Å². The second kappa shape index (κ2) is 11.0. The van der Waals surface area contributed by atoms with Crippen LogP contribution >= 0.6 is 0 Å². The summed E-state index contributed by atoms with van der Waals surface area (Å²) in [5.74, 6) is -2.39. The second-order valence-electron chi connectivity index (χ2n) is 6.88. The molecule has 0 heterocycles. The Morgan fingerprint density at radius 2 is 1.59 bits per heavy atom. The lowest BCUT2D eigenvalue weighted by molar-refractivity contribution is -0.166. The molecule has 0 saturated carbocycles. The minimum Gasteiger partial charge on any atom is -0.478 e. The van der Waals surface area contributed by atoms with E-state index in [1.165, 1.54) is 0 Å². The molecule has 2 atom stereocenters. The number of carbonyl (C=O) groups excluding carboxylic acids is 2. The lowest BCUT2D eigenvalue weighted by Gasteiger charge is -2.25. The largest absolute Gasteiger partial charge is 0.478 e. The lowest BCUT2D eigenvalue weighted by Crippen LogP contribution is -2.43. The van der Waals surface area contributed by atoms with E-state index in [2.05, 4.69) is 5.32 Å². The van der Waals surface area contributed by atoms with Gasteiger partial charge in [-0.15, -0.1) is 0 Å². The molecule has 0 radical (unpaired) electrons. The number of nitrogens with zero attached hydrogens (tertiary/aromatic N) is 1. The van der Waals surface area contributed by atoms with Crippen LogP contribution in [0.3, 0.4) is 0 Å². The van der Waals surface area contributed by atoms with Gasteiger partial charge in [0.25, 0.3) is 5.91 Å². The van der Waals surface area contributed by atoms with Crippen LogP contribution in [0.15, 0.2) is 60.7 Å². The van der Waals surface area contributed by atoms with Gasteiger partial charge < -0.3 is 20.1 Å². The van der Waals surface area contributed by atoms with Gasteiger partial charge >= 0.3 is 11.9 Å². The van der Waals surface area contributed by atoms with E-state index in [1.54, 1.807) is 60.7 Å². The summed E-state index contributed by atoms with van der Waals surface area (Å²) in [6, 6.07) is 16.0. The molecule has 0 aliphatic heterocycles. The molecule has 2 N–H and O–H groups in total. The molecule has 0 saturated heterocycles. The Bertz CT molecular complexity index is 808. The molecule has 1 amide bonds. The van der Waals surface area contributed by atoms with Crippen molar-refractivity contribution >= 4 is 17.8 Å². The van der Waals surface area contributed by atoms with E-state index >= 15 is 0 Å². The van der Waals surface area contributed by atoms with Crippen LogP contribution in [0.2, 0.25) is 0 Å². The zero-order chi connectivity index (χ0) is 21.2. The third-order valence-corrected chi connectivity index (χ3v) is 4.27. The number of rotatable bonds is 10. The van der Waals surface area contributed by atoms with Gasteiger partial charge in [-0.2, -0.15) is 0 Å². The molecule has 29 heavy (non-hydrogen) atoms. The summed E-state index contributed by atoms with van der Waals surface area (Å²) in [6.07, 6.45) is -0.905. The fourth-order valence-electron chi connectivity index (χ4n) is 2.81. The van der Waals surface area contributed by atoms with Gasteiger partial charge in [0.15, 0.2) is 0 Å². The molecule has 0 aliphatic carbocycles. The summed E-state index contributed by atoms with van der Waals surface area (Å²) in [4.78, 5) is 38.7. The Labute approximate surface area is 170 Å². The molecule has 2 rings (SSSR count). The van der Waals surface area contributed by atoms with Gasteiger partial charge in [-0.3, -0.25) is 9.59 Å². The Hall–Kier alpha value is -3.19. The van der Waals surface area contributed by atoms with Gasteiger partial charge in [0.05, 0.1) is 0 Å². The Morgan fingerprint density at radius 3 is 2.14 bits per heavy atom. The predicted octanol–water partition coefficient (Wildman–Crippen LogP) is 2.50. The van der Waals surface area contributed by atoms with Crippen LogP contribution in [-0.4, -0.2) is 54.6 Å². The van der Waals surface area contributed by atoms with Crippen molar-refractivity contribution in [3.05, 3.63) is 71.8 Å². The van der Waals surface area contributed by atoms with Crippen LogP contribution in [0.5, 0.6) is 0 Å². The topological polar surface area (TPSA) is 95.9 Å². The minimum absolute atomic E-state index is 0.0934. The van der Waals surface area contributed by atoms with Crippen molar-refractivity contribution in [1.29, 1.82) is 0 Å². The fraction of sp³-hybridized carbons (Fsp3) is 0.318. The Balaban J connectivity index is 2.21. The van der Waals surface area contributed by atoms with Crippen molar-refractivity contribution in [2.24, 2.45) is 0 Å². The highest BCUT2D eigenvalue weighted by Gasteiger charge is 2.34. The average Bonchev–Trinajstić information content (AvgIpc) is 2.71. The van der Waals surface area contributed by atoms with Crippen LogP contribution < -0.4 is 5.32 Å². The van der Waals surface area contributed by atoms with E-state index in [9.17, 15) is 19.5 Å². The fourth-order valence-corrected chi connectivity index (χ4v) is 2.81. The van der Waals surface area contributed by atoms with Crippen LogP contribution in [0, 0.1) is 0 Å². The van der Waals surface area contributed by atoms with Gasteiger partial charge in [-0.05, 0) is 44.8 Å². The number of carbonyl (C=O) groups is 3. The first-order valence-corrected chi connectivity index (χ1v) is 9.36. The van der Waals surface area contributed by atoms with Gasteiger partial charge in [0, 0.05) is 12.0 Å². The standard InChI is InChI=1S/C22H26N2O5/c1-24(2)15-9-14-18(25)29-20(22(27)28)19(16-10-5-3-6-11-16)23-21(26)17-12-7-4-8-13-17/h3-8,10-13,19-20H,9,14-15H2,1-2H3,(H,23,26)(H,27,28)/t19-,20+/m0/s1. The first kappa shape index (κ1) is 22.1. The van der Waals surface area contributed by atoms with Crippen molar-refractivity contribution in [1.82, 2.24) is 10.2 Å². The van der Waals surface area contributed by atoms with Gasteiger partial charge in [-0.1, -0.05) is 48.5 Å². The van der Waals surface area contributed by atoms with Crippen molar-refractivity contribution in [3.63, 3.8) is 0 Å². The lowest BCUT2D eigenvalue weighted by atomic mass is 10.0. The summed E-state index contributed by atoms with van der Waals surface area (Å²) < 4.78 is 5.28. The third kappa shape index (κ3) is 7.04. The van der Waals surface area contributed by atoms with Crippen molar-refractivity contribution in [2.75, 3.05) is 20.6 Å². The number of aliphatic carboxylic acids is 1. The predicted molar refractivity (Wildman–Crippen MR) is 108 cm³/mol. The van der Waals surface area contributed by atoms with Crippen LogP contribution in [0.25, 0.3) is 0 Å². The number of esters is 1. The number of carboxylic acids is 1. The van der Waals surface area contributed by atoms with Crippen LogP contribution in [0.1, 0.15) is 34.8 Å². The maximum Gasteiger partial charge on any atom is 0.347 e. The minimum atomic E-state index is -1.54. The molecule has 154 valence electrons. The second-order valence-corrected chi connectivity index (χ2v) is 6.88. The third-order valence-electron chi connectivity index (χ3n) is 4.27. The van der Waals surface area contributed by atoms with Crippen molar-refractivity contribution in [3.8, 4) is 0 Å². The molecule has 0 fully saturated rings. The summed E-state index contributed by atoms with van der Waals surface area (Å²) in [5, 5.41) is 12.4. The molecule has 0 spiro atoms. The van der Waals surface area contributed by atoms with Gasteiger partial charge in [-0.25, -0.2) is 4.79 Å². The maximum absolute atomic E-state index is 12.6. The van der Waals surface area contributed by atoms with Gasteiger partial charge in [0.1, 0.15) is 6.04 Å². The number of amides is 1. The summed E-state index contributed by atoms with van der Waals surface area (Å²) >= 11 is 0. The Kier molecular flexibility index (Phi) is 8.36. The Morgan fingerprint density at radius 1 is 1.00 bits per heavy atom. The highest BCUT2D eigenvalue weighted by atomic mass is 16.6. The zero-order valence-corrected chi connectivity index (χ0v) is 16.6. The molecule has 0 aliphatic rings. The first-order chi connectivity index (χ1) is 13.9. The van der Waals surface area contributed by atoms with Crippen molar-refractivity contribution < 1.29 is 24.2 Å². The quantitative estimate of drug-likeness (QED) is 0.597. The summed E-state index contributed by atoms with van der Waals surface area (Å²) in [6.45, 7) is 0.680. The molecular weight excluding hydrogens is 372 g/mol. The smallest absolute Gasteiger partial charge is 0.347 e. The molecule has 7 nitrogen and oxygen atoms in total. The molecule has 0 aromatic heterocycles. The molecule has 7 heteroatoms. The van der Waals surface area contributed by atoms with Crippen LogP contribution in [-0.2, 0) is 14.3 Å². The molecule has 2 aromatic rings. The number of benzene rings is 2. The number of hydrogen-bond acceptors (Lipinski definition) is 5. The molecular formula is C22H26N2O5. The number of hydrogen-bond donors (Lipinski definition) is 2. The zero-order valence-electron chi connectivity index (χ0n) is 16.6. The van der Waals surface area contributed by atoms with E-state index in [1.807, 2.05) is 19.0 Å². The summed E-state index contributed by atoms with van der Waals surface area (Å²) in [5.41, 5.74) is 0.917.